The molecule has 2 nitrogen and oxygen atoms in total. The van der Waals surface area contributed by atoms with E-state index in [2.05, 4.69) is 45.1 Å². The van der Waals surface area contributed by atoms with Gasteiger partial charge >= 0.3 is 0 Å². The lowest BCUT2D eigenvalue weighted by Crippen LogP contribution is -2.09. The summed E-state index contributed by atoms with van der Waals surface area (Å²) in [5, 5.41) is 0. The van der Waals surface area contributed by atoms with Gasteiger partial charge in [0.2, 0.25) is 6.29 Å². The number of unbranched alkanes of at least 4 members (excludes halogenated alkanes) is 24. The highest BCUT2D eigenvalue weighted by atomic mass is 16.7. The van der Waals surface area contributed by atoms with Gasteiger partial charge in [0, 0.05) is 6.42 Å². The van der Waals surface area contributed by atoms with Crippen molar-refractivity contribution in [2.45, 2.75) is 207 Å². The molecule has 0 saturated heterocycles. The highest BCUT2D eigenvalue weighted by Crippen LogP contribution is 2.15. The lowest BCUT2D eigenvalue weighted by molar-refractivity contribution is -0.0507. The Hall–Kier alpha value is -0.600. The Morgan fingerprint density at radius 3 is 0.902 bits per heavy atom. The van der Waals surface area contributed by atoms with Crippen molar-refractivity contribution in [3.8, 4) is 0 Å². The number of hydrogen-bond donors (Lipinski definition) is 0. The summed E-state index contributed by atoms with van der Waals surface area (Å²) in [6, 6.07) is 0. The van der Waals surface area contributed by atoms with Crippen LogP contribution in [0.4, 0.5) is 0 Å². The maximum atomic E-state index is 5.92. The predicted molar refractivity (Wildman–Crippen MR) is 184 cm³/mol. The zero-order valence-electron chi connectivity index (χ0n) is 28.5. The van der Waals surface area contributed by atoms with Crippen molar-refractivity contribution in [3.05, 3.63) is 30.6 Å². The molecule has 0 N–H and O–H groups in total. The van der Waals surface area contributed by atoms with Crippen LogP contribution in [-0.2, 0) is 9.47 Å². The van der Waals surface area contributed by atoms with Crippen molar-refractivity contribution in [2.24, 2.45) is 0 Å². The molecule has 0 atom stereocenters. The van der Waals surface area contributed by atoms with Gasteiger partial charge in [-0.1, -0.05) is 161 Å². The Labute approximate surface area is 259 Å². The second-order valence-corrected chi connectivity index (χ2v) is 12.3. The zero-order valence-corrected chi connectivity index (χ0v) is 28.5. The van der Waals surface area contributed by atoms with Crippen LogP contribution in [0.1, 0.15) is 207 Å². The minimum absolute atomic E-state index is 0.817. The summed E-state index contributed by atoms with van der Waals surface area (Å²) in [5.74, 6) is 0. The minimum atomic E-state index is 0.817. The first-order valence-corrected chi connectivity index (χ1v) is 18.8. The SMILES string of the molecule is CCCCCCCC/C=C\CCCCCCCCO[C](CC)OCCCCCCCC/C=C\CCCCCCCC. The second-order valence-electron chi connectivity index (χ2n) is 12.3. The number of ether oxygens (including phenoxy) is 2. The minimum Gasteiger partial charge on any atom is -0.345 e. The molecule has 0 aromatic carbocycles. The predicted octanol–water partition coefficient (Wildman–Crippen LogP) is 14.0. The molecule has 0 aliphatic rings. The fraction of sp³-hybridized carbons (Fsp3) is 0.872. The summed E-state index contributed by atoms with van der Waals surface area (Å²) in [4.78, 5) is 0. The molecule has 0 aliphatic carbocycles. The normalized spacial score (nSPS) is 12.1. The van der Waals surface area contributed by atoms with Gasteiger partial charge in [-0.2, -0.15) is 0 Å². The van der Waals surface area contributed by atoms with Gasteiger partial charge in [0.1, 0.15) is 0 Å². The van der Waals surface area contributed by atoms with Gasteiger partial charge in [-0.15, -0.1) is 0 Å². The van der Waals surface area contributed by atoms with Crippen molar-refractivity contribution in [1.29, 1.82) is 0 Å². The highest BCUT2D eigenvalue weighted by Gasteiger charge is 2.08. The quantitative estimate of drug-likeness (QED) is 0.0552. The Kier molecular flexibility index (Phi) is 36.9. The molecular formula is C39H75O2. The summed E-state index contributed by atoms with van der Waals surface area (Å²) in [6.07, 6.45) is 49.0. The lowest BCUT2D eigenvalue weighted by Gasteiger charge is -2.15. The molecule has 0 fully saturated rings. The molecule has 2 heteroatoms. The van der Waals surface area contributed by atoms with Crippen molar-refractivity contribution in [1.82, 2.24) is 0 Å². The monoisotopic (exact) mass is 576 g/mol. The summed E-state index contributed by atoms with van der Waals surface area (Å²) in [7, 11) is 0. The molecule has 0 bridgehead atoms. The van der Waals surface area contributed by atoms with Gasteiger partial charge < -0.3 is 9.47 Å². The largest absolute Gasteiger partial charge is 0.345 e. The zero-order chi connectivity index (χ0) is 29.7. The van der Waals surface area contributed by atoms with Crippen LogP contribution in [-0.4, -0.2) is 13.2 Å². The Morgan fingerprint density at radius 1 is 0.341 bits per heavy atom. The van der Waals surface area contributed by atoms with E-state index in [9.17, 15) is 0 Å². The van der Waals surface area contributed by atoms with Gasteiger partial charge in [-0.25, -0.2) is 0 Å². The van der Waals surface area contributed by atoms with Gasteiger partial charge in [0.05, 0.1) is 13.2 Å². The smallest absolute Gasteiger partial charge is 0.223 e. The average molecular weight is 576 g/mol. The van der Waals surface area contributed by atoms with E-state index in [1.54, 1.807) is 0 Å². The Bertz CT molecular complexity index is 468. The van der Waals surface area contributed by atoms with E-state index in [1.807, 2.05) is 0 Å². The topological polar surface area (TPSA) is 18.5 Å². The third-order valence-electron chi connectivity index (χ3n) is 8.13. The van der Waals surface area contributed by atoms with Crippen LogP contribution in [0.2, 0.25) is 0 Å². The Balaban J connectivity index is 3.33. The molecule has 0 spiro atoms. The molecule has 243 valence electrons. The van der Waals surface area contributed by atoms with Gasteiger partial charge in [0.15, 0.2) is 0 Å². The molecule has 0 aliphatic heterocycles. The maximum absolute atomic E-state index is 5.92. The lowest BCUT2D eigenvalue weighted by atomic mass is 10.1. The van der Waals surface area contributed by atoms with Crippen LogP contribution in [0.25, 0.3) is 0 Å². The van der Waals surface area contributed by atoms with Crippen LogP contribution in [0.5, 0.6) is 0 Å². The first-order valence-electron chi connectivity index (χ1n) is 18.8. The molecule has 0 aromatic heterocycles. The second kappa shape index (κ2) is 37.4. The molecule has 1 radical (unpaired) electrons. The molecule has 0 rings (SSSR count). The van der Waals surface area contributed by atoms with E-state index in [4.69, 9.17) is 9.47 Å². The molecule has 0 heterocycles. The van der Waals surface area contributed by atoms with Gasteiger partial charge in [-0.3, -0.25) is 0 Å². The van der Waals surface area contributed by atoms with E-state index in [-0.39, 0.29) is 0 Å². The van der Waals surface area contributed by atoms with Crippen LogP contribution < -0.4 is 0 Å². The van der Waals surface area contributed by atoms with E-state index < -0.39 is 0 Å². The summed E-state index contributed by atoms with van der Waals surface area (Å²) in [5.41, 5.74) is 0. The maximum Gasteiger partial charge on any atom is 0.223 e. The number of rotatable bonds is 35. The van der Waals surface area contributed by atoms with Crippen molar-refractivity contribution < 1.29 is 9.47 Å². The third kappa shape index (κ3) is 35.5. The number of allylic oxidation sites excluding steroid dienone is 4. The Morgan fingerprint density at radius 2 is 0.610 bits per heavy atom. The molecule has 0 amide bonds. The molecular weight excluding hydrogens is 500 g/mol. The molecule has 0 saturated carbocycles. The molecule has 0 aromatic rings. The fourth-order valence-electron chi connectivity index (χ4n) is 5.32. The summed E-state index contributed by atoms with van der Waals surface area (Å²) < 4.78 is 11.8. The summed E-state index contributed by atoms with van der Waals surface area (Å²) in [6.45, 7) is 8.35. The summed E-state index contributed by atoms with van der Waals surface area (Å²) >= 11 is 0. The van der Waals surface area contributed by atoms with E-state index in [0.717, 1.165) is 38.8 Å². The van der Waals surface area contributed by atoms with Crippen LogP contribution in [0, 0.1) is 6.29 Å². The number of hydrogen-bond acceptors (Lipinski definition) is 2. The first-order chi connectivity index (χ1) is 20.3. The molecule has 41 heavy (non-hydrogen) atoms. The van der Waals surface area contributed by atoms with Gasteiger partial charge in [0.25, 0.3) is 0 Å². The van der Waals surface area contributed by atoms with Crippen molar-refractivity contribution in [2.75, 3.05) is 13.2 Å². The van der Waals surface area contributed by atoms with Crippen LogP contribution in [0.3, 0.4) is 0 Å². The van der Waals surface area contributed by atoms with E-state index in [0.29, 0.717) is 0 Å². The van der Waals surface area contributed by atoms with Crippen molar-refractivity contribution >= 4 is 0 Å². The first kappa shape index (κ1) is 40.4. The fourth-order valence-corrected chi connectivity index (χ4v) is 5.32. The van der Waals surface area contributed by atoms with Crippen molar-refractivity contribution in [3.63, 3.8) is 0 Å². The average Bonchev–Trinajstić information content (AvgIpc) is 2.99. The molecule has 0 unspecified atom stereocenters. The van der Waals surface area contributed by atoms with Crippen LogP contribution in [0.15, 0.2) is 24.3 Å². The van der Waals surface area contributed by atoms with Gasteiger partial charge in [-0.05, 0) is 64.2 Å². The highest BCUT2D eigenvalue weighted by molar-refractivity contribution is 4.82. The van der Waals surface area contributed by atoms with Crippen LogP contribution >= 0.6 is 0 Å². The third-order valence-corrected chi connectivity index (χ3v) is 8.13. The van der Waals surface area contributed by atoms with E-state index in [1.165, 1.54) is 167 Å². The van der Waals surface area contributed by atoms with E-state index >= 15 is 0 Å². The standard InChI is InChI=1S/C39H75O2/c1-4-7-9-11-13-15-17-19-21-23-25-27-29-31-33-35-37-40-39(6-3)41-38-36-34-32-30-28-26-24-22-20-18-16-14-12-10-8-5-2/h19-22H,4-18,23-38H2,1-3H3/b21-19-,22-20-.